The number of nitrogens with zero attached hydrogens (tertiary/aromatic N) is 2. The fourth-order valence-electron chi connectivity index (χ4n) is 3.69. The number of ether oxygens (including phenoxy) is 2. The van der Waals surface area contributed by atoms with E-state index in [1.54, 1.807) is 13.3 Å². The van der Waals surface area contributed by atoms with Crippen LogP contribution in [0.4, 0.5) is 0 Å². The molecular formula is C23H25N3O3S. The fraction of sp³-hybridized carbons (Fsp3) is 0.304. The molecule has 7 heteroatoms. The molecule has 0 aliphatic carbocycles. The minimum absolute atomic E-state index is 0.102. The van der Waals surface area contributed by atoms with Gasteiger partial charge in [0.1, 0.15) is 23.3 Å². The van der Waals surface area contributed by atoms with Gasteiger partial charge < -0.3 is 24.1 Å². The van der Waals surface area contributed by atoms with Gasteiger partial charge in [0, 0.05) is 25.4 Å². The molecule has 3 heterocycles. The molecule has 1 aliphatic rings. The molecule has 1 aliphatic heterocycles. The number of aromatic nitrogens is 1. The Morgan fingerprint density at radius 1 is 1.13 bits per heavy atom. The van der Waals surface area contributed by atoms with Crippen molar-refractivity contribution >= 4 is 17.3 Å². The summed E-state index contributed by atoms with van der Waals surface area (Å²) < 4.78 is 17.1. The van der Waals surface area contributed by atoms with Crippen LogP contribution in [0.3, 0.4) is 0 Å². The second kappa shape index (κ2) is 9.28. The lowest BCUT2D eigenvalue weighted by molar-refractivity contribution is 0.158. The highest BCUT2D eigenvalue weighted by Crippen LogP contribution is 2.40. The summed E-state index contributed by atoms with van der Waals surface area (Å²) in [6, 6.07) is 17.6. The lowest BCUT2D eigenvalue weighted by atomic mass is 10.0. The Labute approximate surface area is 181 Å². The molecule has 6 nitrogen and oxygen atoms in total. The quantitative estimate of drug-likeness (QED) is 0.540. The summed E-state index contributed by atoms with van der Waals surface area (Å²) in [6.45, 7) is 3.85. The summed E-state index contributed by atoms with van der Waals surface area (Å²) in [4.78, 5) is 6.65. The van der Waals surface area contributed by atoms with Crippen molar-refractivity contribution in [3.63, 3.8) is 0 Å². The highest BCUT2D eigenvalue weighted by atomic mass is 32.1. The van der Waals surface area contributed by atoms with Crippen molar-refractivity contribution in [2.45, 2.75) is 19.0 Å². The molecule has 0 spiro atoms. The summed E-state index contributed by atoms with van der Waals surface area (Å²) in [5.74, 6) is 2.48. The Bertz CT molecular complexity index is 975. The lowest BCUT2D eigenvalue weighted by Crippen LogP contribution is -2.32. The molecule has 1 N–H and O–H groups in total. The van der Waals surface area contributed by atoms with Crippen molar-refractivity contribution in [1.29, 1.82) is 0 Å². The first-order valence-electron chi connectivity index (χ1n) is 10.0. The summed E-state index contributed by atoms with van der Waals surface area (Å²) in [5, 5.41) is 4.08. The van der Waals surface area contributed by atoms with Crippen LogP contribution in [0.15, 0.2) is 65.2 Å². The van der Waals surface area contributed by atoms with E-state index in [0.717, 1.165) is 28.5 Å². The first-order chi connectivity index (χ1) is 14.7. The van der Waals surface area contributed by atoms with E-state index in [-0.39, 0.29) is 12.1 Å². The largest absolute Gasteiger partial charge is 0.494 e. The van der Waals surface area contributed by atoms with Gasteiger partial charge in [0.25, 0.3) is 0 Å². The molecule has 3 aromatic rings. The van der Waals surface area contributed by atoms with E-state index in [4.69, 9.17) is 26.1 Å². The zero-order chi connectivity index (χ0) is 20.9. The predicted molar refractivity (Wildman–Crippen MR) is 119 cm³/mol. The molecule has 30 heavy (non-hydrogen) atoms. The molecule has 2 unspecified atom stereocenters. The Morgan fingerprint density at radius 2 is 1.97 bits per heavy atom. The van der Waals surface area contributed by atoms with Crippen molar-refractivity contribution in [2.24, 2.45) is 0 Å². The van der Waals surface area contributed by atoms with Gasteiger partial charge in [-0.15, -0.1) is 0 Å². The summed E-state index contributed by atoms with van der Waals surface area (Å²) in [5.41, 5.74) is 1.92. The van der Waals surface area contributed by atoms with Crippen molar-refractivity contribution in [3.05, 3.63) is 72.2 Å². The first kappa shape index (κ1) is 20.4. The molecule has 0 radical (unpaired) electrons. The van der Waals surface area contributed by atoms with E-state index in [2.05, 4.69) is 15.2 Å². The Balaban J connectivity index is 1.65. The van der Waals surface area contributed by atoms with Crippen LogP contribution < -0.4 is 10.1 Å². The predicted octanol–water partition coefficient (Wildman–Crippen LogP) is 4.36. The third-order valence-corrected chi connectivity index (χ3v) is 5.45. The molecule has 1 fully saturated rings. The van der Waals surface area contributed by atoms with Gasteiger partial charge in [-0.05, 0) is 67.7 Å². The van der Waals surface area contributed by atoms with E-state index in [0.29, 0.717) is 24.9 Å². The van der Waals surface area contributed by atoms with E-state index < -0.39 is 0 Å². The Kier molecular flexibility index (Phi) is 6.30. The topological polar surface area (TPSA) is 59.8 Å². The molecule has 156 valence electrons. The monoisotopic (exact) mass is 423 g/mol. The van der Waals surface area contributed by atoms with Gasteiger partial charge in [-0.1, -0.05) is 6.07 Å². The zero-order valence-electron chi connectivity index (χ0n) is 17.1. The molecule has 4 rings (SSSR count). The van der Waals surface area contributed by atoms with E-state index in [1.807, 2.05) is 61.5 Å². The van der Waals surface area contributed by atoms with E-state index in [1.165, 1.54) is 0 Å². The maximum Gasteiger partial charge on any atom is 0.170 e. The van der Waals surface area contributed by atoms with Gasteiger partial charge in [-0.3, -0.25) is 4.98 Å². The molecular weight excluding hydrogens is 398 g/mol. The minimum atomic E-state index is -0.112. The van der Waals surface area contributed by atoms with E-state index >= 15 is 0 Å². The maximum atomic E-state index is 6.31. The molecule has 2 atom stereocenters. The maximum absolute atomic E-state index is 6.31. The van der Waals surface area contributed by atoms with Crippen molar-refractivity contribution in [3.8, 4) is 17.1 Å². The number of hydrogen-bond donors (Lipinski definition) is 1. The van der Waals surface area contributed by atoms with Crippen LogP contribution in [0.1, 0.15) is 30.5 Å². The minimum Gasteiger partial charge on any atom is -0.494 e. The number of benzene rings is 1. The van der Waals surface area contributed by atoms with Crippen LogP contribution in [0.2, 0.25) is 0 Å². The second-order valence-electron chi connectivity index (χ2n) is 6.97. The molecule has 0 saturated carbocycles. The SMILES string of the molecule is CCOc1ccc(-c2ccc(C3C(c4ccccn4)NC(=S)N3CCOC)o2)cc1. The smallest absolute Gasteiger partial charge is 0.170 e. The van der Waals surface area contributed by atoms with Gasteiger partial charge >= 0.3 is 0 Å². The van der Waals surface area contributed by atoms with Gasteiger partial charge in [-0.2, -0.15) is 0 Å². The molecule has 1 aromatic carbocycles. The number of hydrogen-bond acceptors (Lipinski definition) is 5. The van der Waals surface area contributed by atoms with Gasteiger partial charge in [0.2, 0.25) is 0 Å². The normalized spacial score (nSPS) is 18.5. The van der Waals surface area contributed by atoms with Crippen molar-refractivity contribution in [2.75, 3.05) is 26.9 Å². The Morgan fingerprint density at radius 3 is 2.67 bits per heavy atom. The van der Waals surface area contributed by atoms with Crippen molar-refractivity contribution in [1.82, 2.24) is 15.2 Å². The molecule has 1 saturated heterocycles. The lowest BCUT2D eigenvalue weighted by Gasteiger charge is -2.25. The van der Waals surface area contributed by atoms with Crippen LogP contribution in [0, 0.1) is 0 Å². The highest BCUT2D eigenvalue weighted by molar-refractivity contribution is 7.80. The third kappa shape index (κ3) is 4.17. The van der Waals surface area contributed by atoms with Crippen LogP contribution >= 0.6 is 12.2 Å². The fourth-order valence-corrected chi connectivity index (χ4v) is 4.03. The number of rotatable bonds is 8. The Hall–Kier alpha value is -2.90. The van der Waals surface area contributed by atoms with Gasteiger partial charge in [0.15, 0.2) is 5.11 Å². The first-order valence-corrected chi connectivity index (χ1v) is 10.4. The van der Waals surface area contributed by atoms with Crippen LogP contribution in [0.5, 0.6) is 5.75 Å². The van der Waals surface area contributed by atoms with Crippen LogP contribution in [0.25, 0.3) is 11.3 Å². The van der Waals surface area contributed by atoms with Crippen molar-refractivity contribution < 1.29 is 13.9 Å². The van der Waals surface area contributed by atoms with Crippen LogP contribution in [-0.2, 0) is 4.74 Å². The number of methoxy groups -OCH3 is 1. The second-order valence-corrected chi connectivity index (χ2v) is 7.36. The summed E-state index contributed by atoms with van der Waals surface area (Å²) >= 11 is 5.62. The van der Waals surface area contributed by atoms with Crippen LogP contribution in [-0.4, -0.2) is 41.9 Å². The number of furan rings is 1. The summed E-state index contributed by atoms with van der Waals surface area (Å²) in [6.07, 6.45) is 1.79. The molecule has 0 bridgehead atoms. The average Bonchev–Trinajstić information content (AvgIpc) is 3.38. The number of nitrogens with one attached hydrogen (secondary N) is 1. The standard InChI is InChI=1S/C23H25N3O3S/c1-3-28-17-9-7-16(8-10-17)19-11-12-20(29-19)22-21(18-6-4-5-13-24-18)25-23(30)26(22)14-15-27-2/h4-13,21-22H,3,14-15H2,1-2H3,(H,25,30). The average molecular weight is 424 g/mol. The molecule has 2 aromatic heterocycles. The van der Waals surface area contributed by atoms with Gasteiger partial charge in [-0.25, -0.2) is 0 Å². The highest BCUT2D eigenvalue weighted by Gasteiger charge is 2.41. The number of thiocarbonyl (C=S) groups is 1. The third-order valence-electron chi connectivity index (χ3n) is 5.10. The van der Waals surface area contributed by atoms with E-state index in [9.17, 15) is 0 Å². The number of pyridine rings is 1. The zero-order valence-corrected chi connectivity index (χ0v) is 17.9. The summed E-state index contributed by atoms with van der Waals surface area (Å²) in [7, 11) is 1.69. The molecule has 0 amide bonds. The van der Waals surface area contributed by atoms with Gasteiger partial charge in [0.05, 0.1) is 24.9 Å².